The molecule has 2 aromatic carbocycles. The molecule has 0 aliphatic carbocycles. The van der Waals surface area contributed by atoms with E-state index >= 15 is 0 Å². The normalized spacial score (nSPS) is 12.8. The second kappa shape index (κ2) is 7.31. The van der Waals surface area contributed by atoms with Crippen molar-refractivity contribution in [2.45, 2.75) is 19.3 Å². The highest BCUT2D eigenvalue weighted by Crippen LogP contribution is 2.31. The summed E-state index contributed by atoms with van der Waals surface area (Å²) >= 11 is 0. The van der Waals surface area contributed by atoms with Crippen LogP contribution in [0.5, 0.6) is 11.5 Å². The fourth-order valence-corrected chi connectivity index (χ4v) is 3.01. The van der Waals surface area contributed by atoms with E-state index in [1.165, 1.54) is 10.9 Å². The lowest BCUT2D eigenvalue weighted by Gasteiger charge is -2.01. The van der Waals surface area contributed by atoms with Crippen molar-refractivity contribution in [3.8, 4) is 11.5 Å². The minimum Gasteiger partial charge on any atom is -0.454 e. The van der Waals surface area contributed by atoms with Gasteiger partial charge in [-0.25, -0.2) is 5.43 Å². The van der Waals surface area contributed by atoms with Crippen molar-refractivity contribution in [3.63, 3.8) is 0 Å². The lowest BCUT2D eigenvalue weighted by Crippen LogP contribution is -2.17. The van der Waals surface area contributed by atoms with Gasteiger partial charge in [0.05, 0.1) is 6.21 Å². The number of amides is 1. The number of carbonyl (C=O) groups excluding carboxylic acids is 1. The third-order valence-corrected chi connectivity index (χ3v) is 4.32. The molecular formula is C20H19N3O3. The van der Waals surface area contributed by atoms with Gasteiger partial charge in [0.1, 0.15) is 0 Å². The van der Waals surface area contributed by atoms with Crippen molar-refractivity contribution in [3.05, 3.63) is 59.8 Å². The first kappa shape index (κ1) is 16.2. The third-order valence-electron chi connectivity index (χ3n) is 4.32. The first-order chi connectivity index (χ1) is 12.8. The number of aromatic amines is 1. The smallest absolute Gasteiger partial charge is 0.240 e. The zero-order valence-electron chi connectivity index (χ0n) is 14.2. The van der Waals surface area contributed by atoms with E-state index in [4.69, 9.17) is 9.47 Å². The van der Waals surface area contributed by atoms with E-state index in [-0.39, 0.29) is 12.7 Å². The van der Waals surface area contributed by atoms with Crippen LogP contribution in [0.2, 0.25) is 0 Å². The Morgan fingerprint density at radius 1 is 1.19 bits per heavy atom. The number of ether oxygens (including phenoxy) is 2. The summed E-state index contributed by atoms with van der Waals surface area (Å²) in [4.78, 5) is 15.2. The minimum absolute atomic E-state index is 0.0955. The number of hydrogen-bond donors (Lipinski definition) is 2. The van der Waals surface area contributed by atoms with Gasteiger partial charge < -0.3 is 14.5 Å². The highest BCUT2D eigenvalue weighted by molar-refractivity contribution is 5.84. The van der Waals surface area contributed by atoms with Crippen molar-refractivity contribution in [2.75, 3.05) is 6.79 Å². The van der Waals surface area contributed by atoms with E-state index in [1.54, 1.807) is 6.21 Å². The van der Waals surface area contributed by atoms with Crippen LogP contribution in [-0.4, -0.2) is 23.9 Å². The summed E-state index contributed by atoms with van der Waals surface area (Å²) in [5, 5.41) is 5.22. The van der Waals surface area contributed by atoms with Gasteiger partial charge in [0.15, 0.2) is 11.5 Å². The van der Waals surface area contributed by atoms with Gasteiger partial charge in [0.2, 0.25) is 12.7 Å². The Morgan fingerprint density at radius 3 is 3.04 bits per heavy atom. The zero-order valence-corrected chi connectivity index (χ0v) is 14.2. The molecule has 6 nitrogen and oxygen atoms in total. The molecule has 6 heteroatoms. The second-order valence-electron chi connectivity index (χ2n) is 6.12. The Balaban J connectivity index is 1.25. The first-order valence-corrected chi connectivity index (χ1v) is 8.56. The van der Waals surface area contributed by atoms with Gasteiger partial charge in [0.25, 0.3) is 0 Å². The summed E-state index contributed by atoms with van der Waals surface area (Å²) in [6.07, 6.45) is 5.66. The molecule has 0 saturated carbocycles. The van der Waals surface area contributed by atoms with E-state index < -0.39 is 0 Å². The molecule has 3 aromatic rings. The molecule has 0 fully saturated rings. The summed E-state index contributed by atoms with van der Waals surface area (Å²) in [7, 11) is 0. The van der Waals surface area contributed by atoms with Crippen molar-refractivity contribution in [1.29, 1.82) is 0 Å². The number of H-pyrrole nitrogens is 1. The van der Waals surface area contributed by atoms with E-state index in [9.17, 15) is 4.79 Å². The summed E-state index contributed by atoms with van der Waals surface area (Å²) < 4.78 is 10.6. The van der Waals surface area contributed by atoms with Gasteiger partial charge in [-0.1, -0.05) is 18.2 Å². The minimum atomic E-state index is -0.0955. The lowest BCUT2D eigenvalue weighted by atomic mass is 10.1. The van der Waals surface area contributed by atoms with Crippen LogP contribution in [0.4, 0.5) is 0 Å². The number of nitrogens with one attached hydrogen (secondary N) is 2. The predicted octanol–water partition coefficient (Wildman–Crippen LogP) is 3.37. The Bertz CT molecular complexity index is 962. The molecule has 0 bridgehead atoms. The van der Waals surface area contributed by atoms with E-state index in [1.807, 2.05) is 36.5 Å². The maximum atomic E-state index is 11.9. The molecule has 0 atom stereocenters. The lowest BCUT2D eigenvalue weighted by molar-refractivity contribution is -0.121. The average molecular weight is 349 g/mol. The Hall–Kier alpha value is -3.28. The molecule has 0 saturated heterocycles. The molecule has 1 aromatic heterocycles. The number of para-hydroxylation sites is 1. The zero-order chi connectivity index (χ0) is 17.8. The monoisotopic (exact) mass is 349 g/mol. The number of aromatic nitrogens is 1. The highest BCUT2D eigenvalue weighted by Gasteiger charge is 2.12. The van der Waals surface area contributed by atoms with E-state index in [0.717, 1.165) is 29.7 Å². The van der Waals surface area contributed by atoms with Gasteiger partial charge in [-0.2, -0.15) is 5.10 Å². The maximum absolute atomic E-state index is 11.9. The summed E-state index contributed by atoms with van der Waals surface area (Å²) in [6.45, 7) is 0.239. The molecule has 26 heavy (non-hydrogen) atoms. The molecular weight excluding hydrogens is 330 g/mol. The SMILES string of the molecule is O=C(CCCc1c[nH]c2ccccc12)NN=Cc1ccc2c(c1)OCO2. The number of rotatable bonds is 6. The number of nitrogens with zero attached hydrogens (tertiary/aromatic N) is 1. The van der Waals surface area contributed by atoms with Gasteiger partial charge in [0, 0.05) is 23.5 Å². The van der Waals surface area contributed by atoms with Gasteiger partial charge in [-0.05, 0) is 48.2 Å². The topological polar surface area (TPSA) is 75.7 Å². The molecule has 1 aliphatic heterocycles. The maximum Gasteiger partial charge on any atom is 0.240 e. The summed E-state index contributed by atoms with van der Waals surface area (Å²) in [6, 6.07) is 13.7. The molecule has 2 heterocycles. The van der Waals surface area contributed by atoms with Crippen LogP contribution in [0, 0.1) is 0 Å². The van der Waals surface area contributed by atoms with Crippen LogP contribution in [0.1, 0.15) is 24.0 Å². The van der Waals surface area contributed by atoms with E-state index in [2.05, 4.69) is 27.6 Å². The molecule has 1 aliphatic rings. The van der Waals surface area contributed by atoms with Crippen LogP contribution in [0.15, 0.2) is 53.8 Å². The fourth-order valence-electron chi connectivity index (χ4n) is 3.01. The Labute approximate surface area is 150 Å². The number of aryl methyl sites for hydroxylation is 1. The van der Waals surface area contributed by atoms with Crippen molar-refractivity contribution in [2.24, 2.45) is 5.10 Å². The van der Waals surface area contributed by atoms with Crippen LogP contribution >= 0.6 is 0 Å². The summed E-state index contributed by atoms with van der Waals surface area (Å²) in [5.74, 6) is 1.32. The third kappa shape index (κ3) is 3.54. The largest absolute Gasteiger partial charge is 0.454 e. The van der Waals surface area contributed by atoms with Gasteiger partial charge >= 0.3 is 0 Å². The van der Waals surface area contributed by atoms with Crippen molar-refractivity contribution < 1.29 is 14.3 Å². The Morgan fingerprint density at radius 2 is 2.08 bits per heavy atom. The number of hydrazone groups is 1. The van der Waals surface area contributed by atoms with Crippen LogP contribution in [0.25, 0.3) is 10.9 Å². The Kier molecular flexibility index (Phi) is 4.55. The van der Waals surface area contributed by atoms with Crippen LogP contribution < -0.4 is 14.9 Å². The first-order valence-electron chi connectivity index (χ1n) is 8.56. The molecule has 4 rings (SSSR count). The highest BCUT2D eigenvalue weighted by atomic mass is 16.7. The van der Waals surface area contributed by atoms with Gasteiger partial charge in [-0.3, -0.25) is 4.79 Å². The number of carbonyl (C=O) groups is 1. The quantitative estimate of drug-likeness (QED) is 0.529. The summed E-state index contributed by atoms with van der Waals surface area (Å²) in [5.41, 5.74) is 5.77. The van der Waals surface area contributed by atoms with Crippen molar-refractivity contribution in [1.82, 2.24) is 10.4 Å². The molecule has 0 radical (unpaired) electrons. The standard InChI is InChI=1S/C20H19N3O3/c24-20(7-3-4-15-12-21-17-6-2-1-5-16(15)17)23-22-11-14-8-9-18-19(10-14)26-13-25-18/h1-2,5-6,8-12,21H,3-4,7,13H2,(H,23,24). The fraction of sp³-hybridized carbons (Fsp3) is 0.200. The van der Waals surface area contributed by atoms with Gasteiger partial charge in [-0.15, -0.1) is 0 Å². The molecule has 0 unspecified atom stereocenters. The van der Waals surface area contributed by atoms with Crippen molar-refractivity contribution >= 4 is 23.0 Å². The number of benzene rings is 2. The molecule has 132 valence electrons. The van der Waals surface area contributed by atoms with E-state index in [0.29, 0.717) is 12.2 Å². The molecule has 1 amide bonds. The molecule has 2 N–H and O–H groups in total. The number of hydrogen-bond acceptors (Lipinski definition) is 4. The predicted molar refractivity (Wildman–Crippen MR) is 99.5 cm³/mol. The van der Waals surface area contributed by atoms with Crippen LogP contribution in [0.3, 0.4) is 0 Å². The second-order valence-corrected chi connectivity index (χ2v) is 6.12. The molecule has 0 spiro atoms. The number of fused-ring (bicyclic) bond motifs is 2. The van der Waals surface area contributed by atoms with Crippen LogP contribution in [-0.2, 0) is 11.2 Å². The average Bonchev–Trinajstić information content (AvgIpc) is 3.28.